The third kappa shape index (κ3) is 3.32. The van der Waals surface area contributed by atoms with Crippen LogP contribution in [0.5, 0.6) is 5.75 Å². The van der Waals surface area contributed by atoms with E-state index in [2.05, 4.69) is 15.9 Å². The van der Waals surface area contributed by atoms with Gasteiger partial charge in [0.15, 0.2) is 0 Å². The second kappa shape index (κ2) is 6.28. The molecule has 0 atom stereocenters. The summed E-state index contributed by atoms with van der Waals surface area (Å²) < 4.78 is 32.9. The molecule has 0 saturated heterocycles. The standard InChI is InChI=1S/C14H10BrF2NOS/c15-11-4-5-12(16)10(13(11)17)7-19-9-3-1-2-8(6-9)14(18)20/h1-6H,7H2,(H2,18,20). The smallest absolute Gasteiger partial charge is 0.146 e. The normalized spacial score (nSPS) is 10.3. The van der Waals surface area contributed by atoms with Gasteiger partial charge in [0.2, 0.25) is 0 Å². The number of halogens is 3. The van der Waals surface area contributed by atoms with E-state index >= 15 is 0 Å². The molecule has 104 valence electrons. The third-order valence-corrected chi connectivity index (χ3v) is 3.49. The molecule has 0 unspecified atom stereocenters. The van der Waals surface area contributed by atoms with Crippen LogP contribution in [0.1, 0.15) is 11.1 Å². The van der Waals surface area contributed by atoms with Crippen LogP contribution in [0.25, 0.3) is 0 Å². The molecule has 6 heteroatoms. The van der Waals surface area contributed by atoms with Gasteiger partial charge in [-0.3, -0.25) is 0 Å². The Morgan fingerprint density at radius 1 is 1.25 bits per heavy atom. The van der Waals surface area contributed by atoms with E-state index in [9.17, 15) is 8.78 Å². The van der Waals surface area contributed by atoms with Crippen LogP contribution in [-0.4, -0.2) is 4.99 Å². The summed E-state index contributed by atoms with van der Waals surface area (Å²) in [5.74, 6) is -0.888. The molecule has 0 radical (unpaired) electrons. The highest BCUT2D eigenvalue weighted by molar-refractivity contribution is 9.10. The Morgan fingerprint density at radius 3 is 2.70 bits per heavy atom. The highest BCUT2D eigenvalue weighted by Gasteiger charge is 2.13. The molecule has 20 heavy (non-hydrogen) atoms. The highest BCUT2D eigenvalue weighted by atomic mass is 79.9. The Morgan fingerprint density at radius 2 is 2.00 bits per heavy atom. The number of ether oxygens (including phenoxy) is 1. The Hall–Kier alpha value is -1.53. The average molecular weight is 358 g/mol. The van der Waals surface area contributed by atoms with Gasteiger partial charge in [-0.05, 0) is 40.2 Å². The molecule has 0 heterocycles. The minimum Gasteiger partial charge on any atom is -0.489 e. The second-order valence-electron chi connectivity index (χ2n) is 4.00. The molecule has 0 aliphatic rings. The lowest BCUT2D eigenvalue weighted by Crippen LogP contribution is -2.09. The summed E-state index contributed by atoms with van der Waals surface area (Å²) >= 11 is 7.86. The number of benzene rings is 2. The maximum Gasteiger partial charge on any atom is 0.146 e. The maximum absolute atomic E-state index is 13.8. The molecular weight excluding hydrogens is 348 g/mol. The Balaban J connectivity index is 2.19. The molecule has 0 fully saturated rings. The van der Waals surface area contributed by atoms with Gasteiger partial charge in [0.1, 0.15) is 29.0 Å². The monoisotopic (exact) mass is 357 g/mol. The van der Waals surface area contributed by atoms with E-state index in [1.54, 1.807) is 24.3 Å². The van der Waals surface area contributed by atoms with Crippen LogP contribution in [-0.2, 0) is 6.61 Å². The van der Waals surface area contributed by atoms with Gasteiger partial charge in [0.25, 0.3) is 0 Å². The molecule has 0 aliphatic heterocycles. The first kappa shape index (κ1) is 14.9. The van der Waals surface area contributed by atoms with Crippen molar-refractivity contribution in [3.8, 4) is 5.75 Å². The van der Waals surface area contributed by atoms with Gasteiger partial charge >= 0.3 is 0 Å². The van der Waals surface area contributed by atoms with Crippen molar-refractivity contribution in [2.24, 2.45) is 5.73 Å². The van der Waals surface area contributed by atoms with Gasteiger partial charge in [-0.2, -0.15) is 0 Å². The molecule has 2 nitrogen and oxygen atoms in total. The lowest BCUT2D eigenvalue weighted by Gasteiger charge is -2.10. The summed E-state index contributed by atoms with van der Waals surface area (Å²) in [6, 6.07) is 9.21. The van der Waals surface area contributed by atoms with Crippen molar-refractivity contribution in [2.45, 2.75) is 6.61 Å². The van der Waals surface area contributed by atoms with Crippen LogP contribution in [0.4, 0.5) is 8.78 Å². The minimum absolute atomic E-state index is 0.139. The Kier molecular flexibility index (Phi) is 4.67. The summed E-state index contributed by atoms with van der Waals surface area (Å²) in [5.41, 5.74) is 6.00. The SMILES string of the molecule is NC(=S)c1cccc(OCc2c(F)ccc(Br)c2F)c1. The number of thiocarbonyl (C=S) groups is 1. The second-order valence-corrected chi connectivity index (χ2v) is 5.30. The third-order valence-electron chi connectivity index (χ3n) is 2.64. The van der Waals surface area contributed by atoms with Crippen molar-refractivity contribution in [1.82, 2.24) is 0 Å². The first-order valence-corrected chi connectivity index (χ1v) is 6.84. The van der Waals surface area contributed by atoms with E-state index in [1.807, 2.05) is 0 Å². The highest BCUT2D eigenvalue weighted by Crippen LogP contribution is 2.23. The van der Waals surface area contributed by atoms with Gasteiger partial charge in [-0.15, -0.1) is 0 Å². The molecule has 0 spiro atoms. The summed E-state index contributed by atoms with van der Waals surface area (Å²) in [6.45, 7) is -0.224. The van der Waals surface area contributed by atoms with Crippen molar-refractivity contribution < 1.29 is 13.5 Å². The topological polar surface area (TPSA) is 35.2 Å². The van der Waals surface area contributed by atoms with Crippen LogP contribution in [0.15, 0.2) is 40.9 Å². The van der Waals surface area contributed by atoms with E-state index in [1.165, 1.54) is 12.1 Å². The summed E-state index contributed by atoms with van der Waals surface area (Å²) in [6.07, 6.45) is 0. The summed E-state index contributed by atoms with van der Waals surface area (Å²) in [5, 5.41) is 0. The first-order chi connectivity index (χ1) is 9.49. The molecule has 0 saturated carbocycles. The van der Waals surface area contributed by atoms with Gasteiger partial charge < -0.3 is 10.5 Å². The van der Waals surface area contributed by atoms with Crippen LogP contribution >= 0.6 is 28.1 Å². The zero-order valence-corrected chi connectivity index (χ0v) is 12.6. The number of nitrogens with two attached hydrogens (primary N) is 1. The fourth-order valence-corrected chi connectivity index (χ4v) is 2.09. The molecule has 2 aromatic carbocycles. The van der Waals surface area contributed by atoms with Gasteiger partial charge in [-0.25, -0.2) is 8.78 Å². The van der Waals surface area contributed by atoms with E-state index in [4.69, 9.17) is 22.7 Å². The van der Waals surface area contributed by atoms with E-state index in [-0.39, 0.29) is 21.6 Å². The van der Waals surface area contributed by atoms with Crippen LogP contribution < -0.4 is 10.5 Å². The van der Waals surface area contributed by atoms with Crippen molar-refractivity contribution in [3.05, 3.63) is 63.6 Å². The van der Waals surface area contributed by atoms with E-state index < -0.39 is 11.6 Å². The molecule has 2 N–H and O–H groups in total. The lowest BCUT2D eigenvalue weighted by atomic mass is 10.2. The number of hydrogen-bond acceptors (Lipinski definition) is 2. The number of hydrogen-bond donors (Lipinski definition) is 1. The Bertz CT molecular complexity index is 664. The van der Waals surface area contributed by atoms with Gasteiger partial charge in [-0.1, -0.05) is 24.4 Å². The van der Waals surface area contributed by atoms with Crippen molar-refractivity contribution in [3.63, 3.8) is 0 Å². The molecule has 0 aromatic heterocycles. The number of rotatable bonds is 4. The summed E-state index contributed by atoms with van der Waals surface area (Å²) in [7, 11) is 0. The fourth-order valence-electron chi connectivity index (χ4n) is 1.60. The van der Waals surface area contributed by atoms with E-state index in [0.717, 1.165) is 0 Å². The first-order valence-electron chi connectivity index (χ1n) is 5.64. The van der Waals surface area contributed by atoms with Crippen molar-refractivity contribution >= 4 is 33.1 Å². The molecular formula is C14H10BrF2NOS. The van der Waals surface area contributed by atoms with E-state index in [0.29, 0.717) is 11.3 Å². The van der Waals surface area contributed by atoms with Crippen molar-refractivity contribution in [2.75, 3.05) is 0 Å². The predicted molar refractivity (Wildman–Crippen MR) is 80.7 cm³/mol. The van der Waals surface area contributed by atoms with Gasteiger partial charge in [0.05, 0.1) is 10.0 Å². The quantitative estimate of drug-likeness (QED) is 0.664. The maximum atomic E-state index is 13.8. The summed E-state index contributed by atoms with van der Waals surface area (Å²) in [4.78, 5) is 0.232. The largest absolute Gasteiger partial charge is 0.489 e. The zero-order valence-electron chi connectivity index (χ0n) is 10.2. The predicted octanol–water partition coefficient (Wildman–Crippen LogP) is 3.94. The van der Waals surface area contributed by atoms with Crippen LogP contribution in [0.2, 0.25) is 0 Å². The molecule has 0 bridgehead atoms. The zero-order chi connectivity index (χ0) is 14.7. The Labute approximate surface area is 128 Å². The van der Waals surface area contributed by atoms with Crippen molar-refractivity contribution in [1.29, 1.82) is 0 Å². The molecule has 2 rings (SSSR count). The minimum atomic E-state index is -0.671. The molecule has 0 aliphatic carbocycles. The molecule has 0 amide bonds. The fraction of sp³-hybridized carbons (Fsp3) is 0.0714. The van der Waals surface area contributed by atoms with Crippen LogP contribution in [0.3, 0.4) is 0 Å². The van der Waals surface area contributed by atoms with Gasteiger partial charge in [0, 0.05) is 5.56 Å². The molecule has 2 aromatic rings. The lowest BCUT2D eigenvalue weighted by molar-refractivity contribution is 0.292. The average Bonchev–Trinajstić information content (AvgIpc) is 2.43. The van der Waals surface area contributed by atoms with Crippen LogP contribution in [0, 0.1) is 11.6 Å².